The molecule has 1 fully saturated rings. The smallest absolute Gasteiger partial charge is 0.247 e. The van der Waals surface area contributed by atoms with E-state index in [-0.39, 0.29) is 23.7 Å². The SMILES string of the molecule is CCCCN(C(=O)CCl)C(C(=O)NC1CCCCC1)c1cccc(OC)c1. The molecule has 6 heteroatoms. The Bertz CT molecular complexity index is 617. The molecule has 1 atom stereocenters. The van der Waals surface area contributed by atoms with Gasteiger partial charge >= 0.3 is 0 Å². The fourth-order valence-electron chi connectivity index (χ4n) is 3.61. The topological polar surface area (TPSA) is 58.6 Å². The van der Waals surface area contributed by atoms with Gasteiger partial charge in [-0.3, -0.25) is 9.59 Å². The number of carbonyl (C=O) groups is 2. The minimum atomic E-state index is -0.695. The van der Waals surface area contributed by atoms with Crippen molar-refractivity contribution in [1.29, 1.82) is 0 Å². The molecule has 0 spiro atoms. The predicted molar refractivity (Wildman–Crippen MR) is 108 cm³/mol. The number of carbonyl (C=O) groups excluding carboxylic acids is 2. The highest BCUT2D eigenvalue weighted by molar-refractivity contribution is 6.27. The molecule has 1 aromatic carbocycles. The van der Waals surface area contributed by atoms with Crippen LogP contribution < -0.4 is 10.1 Å². The van der Waals surface area contributed by atoms with E-state index in [9.17, 15) is 9.59 Å². The van der Waals surface area contributed by atoms with Crippen LogP contribution in [-0.4, -0.2) is 42.3 Å². The van der Waals surface area contributed by atoms with Crippen molar-refractivity contribution in [2.75, 3.05) is 19.5 Å². The molecule has 1 aliphatic carbocycles. The Kier molecular flexibility index (Phi) is 8.92. The first-order chi connectivity index (χ1) is 13.1. The van der Waals surface area contributed by atoms with Gasteiger partial charge in [0, 0.05) is 12.6 Å². The number of amides is 2. The van der Waals surface area contributed by atoms with Crippen molar-refractivity contribution < 1.29 is 14.3 Å². The third-order valence-electron chi connectivity index (χ3n) is 5.11. The molecule has 1 aromatic rings. The van der Waals surface area contributed by atoms with Gasteiger partial charge in [0.15, 0.2) is 0 Å². The molecular weight excluding hydrogens is 364 g/mol. The van der Waals surface area contributed by atoms with Gasteiger partial charge in [0.1, 0.15) is 17.7 Å². The van der Waals surface area contributed by atoms with E-state index in [4.69, 9.17) is 16.3 Å². The Morgan fingerprint density at radius 2 is 2.04 bits per heavy atom. The molecule has 0 bridgehead atoms. The van der Waals surface area contributed by atoms with Crippen LogP contribution >= 0.6 is 11.6 Å². The molecule has 1 aliphatic rings. The Morgan fingerprint density at radius 1 is 1.30 bits per heavy atom. The highest BCUT2D eigenvalue weighted by atomic mass is 35.5. The van der Waals surface area contributed by atoms with E-state index in [1.807, 2.05) is 24.3 Å². The van der Waals surface area contributed by atoms with Gasteiger partial charge in [-0.2, -0.15) is 0 Å². The highest BCUT2D eigenvalue weighted by Crippen LogP contribution is 2.27. The molecule has 1 N–H and O–H groups in total. The molecule has 1 unspecified atom stereocenters. The quantitative estimate of drug-likeness (QED) is 0.642. The summed E-state index contributed by atoms with van der Waals surface area (Å²) >= 11 is 5.86. The number of alkyl halides is 1. The highest BCUT2D eigenvalue weighted by Gasteiger charge is 2.32. The zero-order chi connectivity index (χ0) is 19.6. The standard InChI is InChI=1S/C21H31ClN2O3/c1-3-4-13-24(19(25)15-22)20(16-9-8-12-18(14-16)27-2)21(26)23-17-10-6-5-7-11-17/h8-9,12,14,17,20H,3-7,10-11,13,15H2,1-2H3,(H,23,26). The summed E-state index contributed by atoms with van der Waals surface area (Å²) in [5.74, 6) is 0.166. The lowest BCUT2D eigenvalue weighted by Gasteiger charge is -2.33. The van der Waals surface area contributed by atoms with Crippen molar-refractivity contribution >= 4 is 23.4 Å². The Hall–Kier alpha value is -1.75. The van der Waals surface area contributed by atoms with Crippen LogP contribution in [0.15, 0.2) is 24.3 Å². The van der Waals surface area contributed by atoms with E-state index in [1.54, 1.807) is 12.0 Å². The molecule has 27 heavy (non-hydrogen) atoms. The van der Waals surface area contributed by atoms with Gasteiger partial charge in [0.25, 0.3) is 0 Å². The first-order valence-corrected chi connectivity index (χ1v) is 10.4. The van der Waals surface area contributed by atoms with E-state index < -0.39 is 6.04 Å². The molecule has 150 valence electrons. The summed E-state index contributed by atoms with van der Waals surface area (Å²) in [6, 6.07) is 6.86. The number of benzene rings is 1. The van der Waals surface area contributed by atoms with Gasteiger partial charge in [0.05, 0.1) is 7.11 Å². The lowest BCUT2D eigenvalue weighted by atomic mass is 9.94. The van der Waals surface area contributed by atoms with Gasteiger partial charge in [-0.05, 0) is 37.0 Å². The number of nitrogens with zero attached hydrogens (tertiary/aromatic N) is 1. The summed E-state index contributed by atoms with van der Waals surface area (Å²) in [6.45, 7) is 2.56. The van der Waals surface area contributed by atoms with Crippen LogP contribution in [0.2, 0.25) is 0 Å². The molecule has 0 aromatic heterocycles. The largest absolute Gasteiger partial charge is 0.497 e. The lowest BCUT2D eigenvalue weighted by Crippen LogP contribution is -2.47. The molecule has 0 aliphatic heterocycles. The minimum Gasteiger partial charge on any atom is -0.497 e. The van der Waals surface area contributed by atoms with Crippen LogP contribution in [0.1, 0.15) is 63.5 Å². The average Bonchev–Trinajstić information content (AvgIpc) is 2.71. The van der Waals surface area contributed by atoms with Gasteiger partial charge in [-0.15, -0.1) is 11.6 Å². The normalized spacial score (nSPS) is 15.8. The molecule has 0 saturated heterocycles. The number of unbranched alkanes of at least 4 members (excludes halogenated alkanes) is 1. The Morgan fingerprint density at radius 3 is 2.67 bits per heavy atom. The van der Waals surface area contributed by atoms with E-state index in [0.29, 0.717) is 12.3 Å². The third-order valence-corrected chi connectivity index (χ3v) is 5.34. The monoisotopic (exact) mass is 394 g/mol. The Balaban J connectivity index is 2.32. The van der Waals surface area contributed by atoms with E-state index in [1.165, 1.54) is 6.42 Å². The van der Waals surface area contributed by atoms with Crippen molar-refractivity contribution in [2.24, 2.45) is 0 Å². The van der Waals surface area contributed by atoms with E-state index in [0.717, 1.165) is 44.1 Å². The molecule has 0 heterocycles. The van der Waals surface area contributed by atoms with Gasteiger partial charge in [-0.25, -0.2) is 0 Å². The molecule has 5 nitrogen and oxygen atoms in total. The maximum atomic E-state index is 13.2. The number of rotatable bonds is 9. The molecule has 2 amide bonds. The van der Waals surface area contributed by atoms with Crippen LogP contribution in [0.25, 0.3) is 0 Å². The summed E-state index contributed by atoms with van der Waals surface area (Å²) in [4.78, 5) is 27.4. The second-order valence-corrected chi connectivity index (χ2v) is 7.36. The van der Waals surface area contributed by atoms with Crippen LogP contribution in [-0.2, 0) is 9.59 Å². The molecule has 2 rings (SSSR count). The first kappa shape index (κ1) is 21.5. The van der Waals surface area contributed by atoms with Crippen LogP contribution in [0.3, 0.4) is 0 Å². The summed E-state index contributed by atoms with van der Waals surface area (Å²) in [7, 11) is 1.59. The van der Waals surface area contributed by atoms with Crippen molar-refractivity contribution in [1.82, 2.24) is 10.2 Å². The maximum Gasteiger partial charge on any atom is 0.247 e. The summed E-state index contributed by atoms with van der Waals surface area (Å²) in [5.41, 5.74) is 0.747. The second-order valence-electron chi connectivity index (χ2n) is 7.10. The number of hydrogen-bond acceptors (Lipinski definition) is 3. The van der Waals surface area contributed by atoms with Crippen molar-refractivity contribution in [3.63, 3.8) is 0 Å². The third kappa shape index (κ3) is 6.13. The maximum absolute atomic E-state index is 13.2. The number of halogens is 1. The fourth-order valence-corrected chi connectivity index (χ4v) is 3.77. The van der Waals surface area contributed by atoms with Crippen LogP contribution in [0.5, 0.6) is 5.75 Å². The van der Waals surface area contributed by atoms with Crippen LogP contribution in [0, 0.1) is 0 Å². The fraction of sp³-hybridized carbons (Fsp3) is 0.619. The zero-order valence-corrected chi connectivity index (χ0v) is 17.1. The van der Waals surface area contributed by atoms with Crippen molar-refractivity contribution in [3.8, 4) is 5.75 Å². The number of hydrogen-bond donors (Lipinski definition) is 1. The van der Waals surface area contributed by atoms with Gasteiger partial charge < -0.3 is 15.0 Å². The van der Waals surface area contributed by atoms with E-state index >= 15 is 0 Å². The Labute approximate surface area is 167 Å². The average molecular weight is 395 g/mol. The number of nitrogens with one attached hydrogen (secondary N) is 1. The number of ether oxygens (including phenoxy) is 1. The molecule has 0 radical (unpaired) electrons. The van der Waals surface area contributed by atoms with Gasteiger partial charge in [-0.1, -0.05) is 44.7 Å². The zero-order valence-electron chi connectivity index (χ0n) is 16.4. The molecule has 1 saturated carbocycles. The predicted octanol–water partition coefficient (Wildman–Crippen LogP) is 4.05. The molecular formula is C21H31ClN2O3. The summed E-state index contributed by atoms with van der Waals surface area (Å²) in [6.07, 6.45) is 7.23. The van der Waals surface area contributed by atoms with Crippen molar-refractivity contribution in [2.45, 2.75) is 64.0 Å². The summed E-state index contributed by atoms with van der Waals surface area (Å²) < 4.78 is 5.32. The number of methoxy groups -OCH3 is 1. The minimum absolute atomic E-state index is 0.135. The van der Waals surface area contributed by atoms with Crippen LogP contribution in [0.4, 0.5) is 0 Å². The lowest BCUT2D eigenvalue weighted by molar-refractivity contribution is -0.139. The van der Waals surface area contributed by atoms with Crippen molar-refractivity contribution in [3.05, 3.63) is 29.8 Å². The first-order valence-electron chi connectivity index (χ1n) is 9.90. The van der Waals surface area contributed by atoms with E-state index in [2.05, 4.69) is 12.2 Å². The summed E-state index contributed by atoms with van der Waals surface area (Å²) in [5, 5.41) is 3.17. The van der Waals surface area contributed by atoms with Gasteiger partial charge in [0.2, 0.25) is 11.8 Å². The second kappa shape index (κ2) is 11.2.